The Kier molecular flexibility index (Phi) is 5.63. The maximum absolute atomic E-state index is 10.2. The summed E-state index contributed by atoms with van der Waals surface area (Å²) in [5.74, 6) is 0.701. The molecule has 2 aromatic rings. The lowest BCUT2D eigenvalue weighted by molar-refractivity contribution is 0.354. The number of para-hydroxylation sites is 1. The van der Waals surface area contributed by atoms with E-state index in [1.54, 1.807) is 7.11 Å². The number of phenolic OH excluding ortho intramolecular Hbond substituents is 1. The van der Waals surface area contributed by atoms with Crippen LogP contribution >= 0.6 is 0 Å². The minimum Gasteiger partial charge on any atom is -0.504 e. The lowest BCUT2D eigenvalue weighted by Gasteiger charge is -2.16. The standard InChI is InChI=1S/C17H23N3O2/c1-20(2)12-14-9-13(10-16(22-3)17(14)21)11-18-19-15-7-5-4-6-8-15/h4-10,18-19,21H,11-12H2,1-3H3. The molecule has 0 aromatic heterocycles. The first-order valence-electron chi connectivity index (χ1n) is 7.17. The van der Waals surface area contributed by atoms with Gasteiger partial charge in [-0.2, -0.15) is 0 Å². The van der Waals surface area contributed by atoms with E-state index in [2.05, 4.69) is 10.9 Å². The number of anilines is 1. The van der Waals surface area contributed by atoms with Crippen LogP contribution in [0.3, 0.4) is 0 Å². The van der Waals surface area contributed by atoms with Crippen LogP contribution in [-0.2, 0) is 13.1 Å². The molecule has 0 aliphatic rings. The monoisotopic (exact) mass is 301 g/mol. The molecule has 0 spiro atoms. The summed E-state index contributed by atoms with van der Waals surface area (Å²) >= 11 is 0. The van der Waals surface area contributed by atoms with Crippen molar-refractivity contribution in [1.29, 1.82) is 0 Å². The van der Waals surface area contributed by atoms with E-state index < -0.39 is 0 Å². The van der Waals surface area contributed by atoms with Crippen LogP contribution in [0.2, 0.25) is 0 Å². The van der Waals surface area contributed by atoms with Crippen LogP contribution in [0.4, 0.5) is 5.69 Å². The molecule has 2 rings (SSSR count). The molecule has 3 N–H and O–H groups in total. The third-order valence-electron chi connectivity index (χ3n) is 3.22. The summed E-state index contributed by atoms with van der Waals surface area (Å²) in [7, 11) is 5.50. The van der Waals surface area contributed by atoms with E-state index in [4.69, 9.17) is 4.74 Å². The summed E-state index contributed by atoms with van der Waals surface area (Å²) in [6, 6.07) is 13.7. The Labute approximate surface area is 131 Å². The van der Waals surface area contributed by atoms with Gasteiger partial charge in [-0.1, -0.05) is 18.2 Å². The fourth-order valence-corrected chi connectivity index (χ4v) is 2.22. The van der Waals surface area contributed by atoms with Crippen molar-refractivity contribution in [2.45, 2.75) is 13.1 Å². The first kappa shape index (κ1) is 16.1. The molecule has 5 heteroatoms. The maximum atomic E-state index is 10.2. The molecule has 0 amide bonds. The minimum absolute atomic E-state index is 0.205. The van der Waals surface area contributed by atoms with Gasteiger partial charge < -0.3 is 20.2 Å². The molecule has 0 bridgehead atoms. The first-order chi connectivity index (χ1) is 10.6. The summed E-state index contributed by atoms with van der Waals surface area (Å²) in [5.41, 5.74) is 9.20. The van der Waals surface area contributed by atoms with Crippen LogP contribution in [0.5, 0.6) is 11.5 Å². The molecule has 0 aliphatic heterocycles. The summed E-state index contributed by atoms with van der Waals surface area (Å²) in [6.07, 6.45) is 0. The number of methoxy groups -OCH3 is 1. The first-order valence-corrected chi connectivity index (χ1v) is 7.17. The van der Waals surface area contributed by atoms with Crippen LogP contribution in [0, 0.1) is 0 Å². The van der Waals surface area contributed by atoms with Gasteiger partial charge in [-0.15, -0.1) is 0 Å². The zero-order valence-corrected chi connectivity index (χ0v) is 13.3. The molecule has 0 aliphatic carbocycles. The third-order valence-corrected chi connectivity index (χ3v) is 3.22. The number of hydrogen-bond acceptors (Lipinski definition) is 5. The highest BCUT2D eigenvalue weighted by molar-refractivity contribution is 5.48. The van der Waals surface area contributed by atoms with Crippen LogP contribution < -0.4 is 15.6 Å². The SMILES string of the molecule is COc1cc(CNNc2ccccc2)cc(CN(C)C)c1O. The summed E-state index contributed by atoms with van der Waals surface area (Å²) in [5, 5.41) is 10.2. The summed E-state index contributed by atoms with van der Waals surface area (Å²) < 4.78 is 5.26. The lowest BCUT2D eigenvalue weighted by Crippen LogP contribution is -2.21. The van der Waals surface area contributed by atoms with E-state index in [0.29, 0.717) is 18.8 Å². The summed E-state index contributed by atoms with van der Waals surface area (Å²) in [6.45, 7) is 1.27. The second-order valence-corrected chi connectivity index (χ2v) is 5.39. The molecule has 118 valence electrons. The topological polar surface area (TPSA) is 56.8 Å². The number of nitrogens with zero attached hydrogens (tertiary/aromatic N) is 1. The number of nitrogens with one attached hydrogen (secondary N) is 2. The highest BCUT2D eigenvalue weighted by Crippen LogP contribution is 2.32. The van der Waals surface area contributed by atoms with E-state index >= 15 is 0 Å². The van der Waals surface area contributed by atoms with Crippen molar-refractivity contribution in [3.05, 3.63) is 53.6 Å². The minimum atomic E-state index is 0.205. The summed E-state index contributed by atoms with van der Waals surface area (Å²) in [4.78, 5) is 2.01. The highest BCUT2D eigenvalue weighted by Gasteiger charge is 2.11. The lowest BCUT2D eigenvalue weighted by atomic mass is 10.1. The fourth-order valence-electron chi connectivity index (χ4n) is 2.22. The van der Waals surface area contributed by atoms with Crippen LogP contribution in [0.1, 0.15) is 11.1 Å². The molecule has 22 heavy (non-hydrogen) atoms. The Bertz CT molecular complexity index is 600. The van der Waals surface area contributed by atoms with E-state index in [9.17, 15) is 5.11 Å². The molecule has 0 saturated carbocycles. The quantitative estimate of drug-likeness (QED) is 0.686. The van der Waals surface area contributed by atoms with Crippen LogP contribution in [-0.4, -0.2) is 31.2 Å². The van der Waals surface area contributed by atoms with Crippen molar-refractivity contribution in [2.75, 3.05) is 26.6 Å². The Morgan fingerprint density at radius 2 is 1.86 bits per heavy atom. The molecule has 0 atom stereocenters. The molecule has 0 unspecified atom stereocenters. The third kappa shape index (κ3) is 4.38. The number of benzene rings is 2. The van der Waals surface area contributed by atoms with Crippen molar-refractivity contribution in [3.63, 3.8) is 0 Å². The number of aromatic hydroxyl groups is 1. The molecule has 5 nitrogen and oxygen atoms in total. The van der Waals surface area contributed by atoms with Crippen molar-refractivity contribution in [2.24, 2.45) is 0 Å². The van der Waals surface area contributed by atoms with Gasteiger partial charge in [0.2, 0.25) is 0 Å². The average Bonchev–Trinajstić information content (AvgIpc) is 2.50. The Hall–Kier alpha value is -2.24. The van der Waals surface area contributed by atoms with Crippen LogP contribution in [0.15, 0.2) is 42.5 Å². The van der Waals surface area contributed by atoms with Gasteiger partial charge in [-0.05, 0) is 43.9 Å². The molecular formula is C17H23N3O2. The van der Waals surface area contributed by atoms with Gasteiger partial charge in [-0.25, -0.2) is 5.43 Å². The number of hydrogen-bond donors (Lipinski definition) is 3. The van der Waals surface area contributed by atoms with Gasteiger partial charge in [0.15, 0.2) is 11.5 Å². The van der Waals surface area contributed by atoms with E-state index in [1.165, 1.54) is 0 Å². The Morgan fingerprint density at radius 1 is 1.14 bits per heavy atom. The Morgan fingerprint density at radius 3 is 2.50 bits per heavy atom. The van der Waals surface area contributed by atoms with Crippen LogP contribution in [0.25, 0.3) is 0 Å². The normalized spacial score (nSPS) is 10.7. The number of ether oxygens (including phenoxy) is 1. The molecule has 0 saturated heterocycles. The number of phenols is 1. The zero-order valence-electron chi connectivity index (χ0n) is 13.3. The zero-order chi connectivity index (χ0) is 15.9. The molecular weight excluding hydrogens is 278 g/mol. The van der Waals surface area contributed by atoms with Gasteiger partial charge in [-0.3, -0.25) is 0 Å². The largest absolute Gasteiger partial charge is 0.504 e. The van der Waals surface area contributed by atoms with E-state index in [1.807, 2.05) is 61.5 Å². The number of hydrazine groups is 1. The highest BCUT2D eigenvalue weighted by atomic mass is 16.5. The fraction of sp³-hybridized carbons (Fsp3) is 0.294. The average molecular weight is 301 g/mol. The second kappa shape index (κ2) is 7.68. The molecule has 0 fully saturated rings. The maximum Gasteiger partial charge on any atom is 0.162 e. The smallest absolute Gasteiger partial charge is 0.162 e. The molecule has 0 radical (unpaired) electrons. The van der Waals surface area contributed by atoms with E-state index in [0.717, 1.165) is 16.8 Å². The van der Waals surface area contributed by atoms with Crippen molar-refractivity contribution >= 4 is 5.69 Å². The predicted molar refractivity (Wildman–Crippen MR) is 89.0 cm³/mol. The molecule has 2 aromatic carbocycles. The van der Waals surface area contributed by atoms with Gasteiger partial charge >= 0.3 is 0 Å². The Balaban J connectivity index is 2.06. The predicted octanol–water partition coefficient (Wildman–Crippen LogP) is 2.58. The van der Waals surface area contributed by atoms with Crippen molar-refractivity contribution in [3.8, 4) is 11.5 Å². The van der Waals surface area contributed by atoms with Gasteiger partial charge in [0.05, 0.1) is 7.11 Å². The number of rotatable bonds is 7. The van der Waals surface area contributed by atoms with Gasteiger partial charge in [0.1, 0.15) is 0 Å². The second-order valence-electron chi connectivity index (χ2n) is 5.39. The van der Waals surface area contributed by atoms with Gasteiger partial charge in [0.25, 0.3) is 0 Å². The van der Waals surface area contributed by atoms with Gasteiger partial charge in [0, 0.05) is 24.3 Å². The van der Waals surface area contributed by atoms with Crippen molar-refractivity contribution in [1.82, 2.24) is 10.3 Å². The molecule has 0 heterocycles. The van der Waals surface area contributed by atoms with E-state index in [-0.39, 0.29) is 5.75 Å². The van der Waals surface area contributed by atoms with Crippen molar-refractivity contribution < 1.29 is 9.84 Å².